The molecule has 0 aliphatic carbocycles. The van der Waals surface area contributed by atoms with Crippen LogP contribution < -0.4 is 0 Å². The molecule has 0 radical (unpaired) electrons. The molecule has 0 spiro atoms. The zero-order valence-electron chi connectivity index (χ0n) is 2.13. The van der Waals surface area contributed by atoms with Gasteiger partial charge in [-0.15, -0.1) is 24.8 Å². The molecule has 0 saturated carbocycles. The summed E-state index contributed by atoms with van der Waals surface area (Å²) in [6, 6.07) is 0. The summed E-state index contributed by atoms with van der Waals surface area (Å²) in [5.41, 5.74) is 0. The minimum Gasteiger partial charge on any atom is -2.00 e. The predicted octanol–water partition coefficient (Wildman–Crippen LogP) is 0.603. The molecular formula is H2Cl2O2Ti. The van der Waals surface area contributed by atoms with Crippen molar-refractivity contribution >= 4 is 24.8 Å². The van der Waals surface area contributed by atoms with Crippen molar-refractivity contribution in [2.24, 2.45) is 0 Å². The molecule has 5 heteroatoms. The van der Waals surface area contributed by atoms with Crippen molar-refractivity contribution in [2.75, 3.05) is 0 Å². The molecule has 0 bridgehead atoms. The summed E-state index contributed by atoms with van der Waals surface area (Å²) in [5.74, 6) is 0. The molecule has 0 aromatic heterocycles. The second kappa shape index (κ2) is 62.8. The van der Waals surface area contributed by atoms with Gasteiger partial charge in [0.25, 0.3) is 0 Å². The van der Waals surface area contributed by atoms with Gasteiger partial charge >= 0.3 is 21.7 Å². The quantitative estimate of drug-likeness (QED) is 0.457. The molecule has 0 saturated heterocycles. The second-order valence-electron chi connectivity index (χ2n) is 0. The summed E-state index contributed by atoms with van der Waals surface area (Å²) in [6.45, 7) is 0. The third-order valence-corrected chi connectivity index (χ3v) is 0. The molecule has 0 atom stereocenters. The van der Waals surface area contributed by atoms with Gasteiger partial charge in [0, 0.05) is 0 Å². The summed E-state index contributed by atoms with van der Waals surface area (Å²) in [4.78, 5) is 0. The molecular weight excluding hydrogens is 151 g/mol. The van der Waals surface area contributed by atoms with Crippen LogP contribution in [0.15, 0.2) is 0 Å². The maximum absolute atomic E-state index is 0. The molecule has 0 aromatic carbocycles. The van der Waals surface area contributed by atoms with Crippen LogP contribution in [0.5, 0.6) is 0 Å². The largest absolute Gasteiger partial charge is 4.00 e. The molecule has 0 aromatic rings. The van der Waals surface area contributed by atoms with Crippen LogP contribution >= 0.6 is 24.8 Å². The van der Waals surface area contributed by atoms with Crippen LogP contribution in [-0.2, 0) is 32.7 Å². The summed E-state index contributed by atoms with van der Waals surface area (Å²) in [5, 5.41) is 0. The average Bonchev–Trinajstić information content (AvgIpc) is 0. The molecule has 0 unspecified atom stereocenters. The van der Waals surface area contributed by atoms with E-state index >= 15 is 0 Å². The Bertz CT molecular complexity index is 7.61. The van der Waals surface area contributed by atoms with E-state index in [-0.39, 0.29) is 57.5 Å². The van der Waals surface area contributed by atoms with Crippen LogP contribution in [0.4, 0.5) is 0 Å². The van der Waals surface area contributed by atoms with E-state index in [4.69, 9.17) is 0 Å². The summed E-state index contributed by atoms with van der Waals surface area (Å²) in [7, 11) is 0. The molecule has 0 amide bonds. The van der Waals surface area contributed by atoms with Gasteiger partial charge < -0.3 is 11.0 Å². The van der Waals surface area contributed by atoms with Gasteiger partial charge in [-0.2, -0.15) is 0 Å². The van der Waals surface area contributed by atoms with E-state index in [0.717, 1.165) is 0 Å². The first-order valence-corrected chi connectivity index (χ1v) is 0. The Morgan fingerprint density at radius 1 is 0.600 bits per heavy atom. The van der Waals surface area contributed by atoms with E-state index in [1.807, 2.05) is 0 Å². The van der Waals surface area contributed by atoms with Crippen LogP contribution in [0, 0.1) is 0 Å². The molecule has 0 heterocycles. The van der Waals surface area contributed by atoms with Gasteiger partial charge in [-0.1, -0.05) is 0 Å². The van der Waals surface area contributed by atoms with E-state index in [9.17, 15) is 0 Å². The Morgan fingerprint density at radius 2 is 0.600 bits per heavy atom. The Morgan fingerprint density at radius 3 is 0.600 bits per heavy atom. The minimum atomic E-state index is 0. The van der Waals surface area contributed by atoms with Crippen molar-refractivity contribution in [2.45, 2.75) is 0 Å². The van der Waals surface area contributed by atoms with E-state index in [1.54, 1.807) is 0 Å². The van der Waals surface area contributed by atoms with Gasteiger partial charge in [0.2, 0.25) is 0 Å². The van der Waals surface area contributed by atoms with Crippen LogP contribution in [0.25, 0.3) is 0 Å². The third-order valence-electron chi connectivity index (χ3n) is 0. The van der Waals surface area contributed by atoms with E-state index in [1.165, 1.54) is 0 Å². The number of rotatable bonds is 0. The molecule has 32 valence electrons. The first kappa shape index (κ1) is 115. The van der Waals surface area contributed by atoms with Crippen molar-refractivity contribution in [3.63, 3.8) is 0 Å². The van der Waals surface area contributed by atoms with Crippen LogP contribution in [0.1, 0.15) is 0 Å². The fourth-order valence-corrected chi connectivity index (χ4v) is 0. The van der Waals surface area contributed by atoms with E-state index in [2.05, 4.69) is 0 Å². The topological polar surface area (TPSA) is 57.0 Å². The van der Waals surface area contributed by atoms with Gasteiger partial charge in [-0.3, -0.25) is 0 Å². The fraction of sp³-hybridized carbons (Fsp3) is 0. The maximum Gasteiger partial charge on any atom is 4.00 e. The van der Waals surface area contributed by atoms with Gasteiger partial charge in [0.05, 0.1) is 0 Å². The monoisotopic (exact) mass is 152 g/mol. The normalized spacial score (nSPS) is 0. The van der Waals surface area contributed by atoms with Gasteiger partial charge in [0.15, 0.2) is 0 Å². The Hall–Kier alpha value is 1.21. The van der Waals surface area contributed by atoms with Gasteiger partial charge in [-0.25, -0.2) is 0 Å². The Balaban J connectivity index is 0. The van der Waals surface area contributed by atoms with Crippen molar-refractivity contribution in [3.05, 3.63) is 0 Å². The summed E-state index contributed by atoms with van der Waals surface area (Å²) < 4.78 is 0. The van der Waals surface area contributed by atoms with Crippen LogP contribution in [-0.4, -0.2) is 0 Å². The van der Waals surface area contributed by atoms with Crippen molar-refractivity contribution in [3.8, 4) is 0 Å². The molecule has 0 N–H and O–H groups in total. The smallest absolute Gasteiger partial charge is 2.00 e. The van der Waals surface area contributed by atoms with Crippen LogP contribution in [0.2, 0.25) is 0 Å². The fourth-order valence-electron chi connectivity index (χ4n) is 0. The molecule has 0 fully saturated rings. The SMILES string of the molecule is Cl.Cl.[O-2].[O-2].[Ti+4]. The zero-order valence-corrected chi connectivity index (χ0v) is 5.33. The van der Waals surface area contributed by atoms with Gasteiger partial charge in [-0.05, 0) is 0 Å². The molecule has 0 aliphatic rings. The molecule has 5 heavy (non-hydrogen) atoms. The minimum absolute atomic E-state index is 0. The van der Waals surface area contributed by atoms with E-state index < -0.39 is 0 Å². The van der Waals surface area contributed by atoms with Crippen molar-refractivity contribution in [1.29, 1.82) is 0 Å². The van der Waals surface area contributed by atoms with Crippen LogP contribution in [0.3, 0.4) is 0 Å². The first-order valence-electron chi connectivity index (χ1n) is 0. The van der Waals surface area contributed by atoms with Crippen molar-refractivity contribution < 1.29 is 32.7 Å². The maximum atomic E-state index is 0. The van der Waals surface area contributed by atoms with Gasteiger partial charge in [0.1, 0.15) is 0 Å². The Kier molecular flexibility index (Phi) is 1440. The number of hydrogen-bond acceptors (Lipinski definition) is 0. The number of halogens is 2. The summed E-state index contributed by atoms with van der Waals surface area (Å²) >= 11 is 0. The van der Waals surface area contributed by atoms with E-state index in [0.29, 0.717) is 0 Å². The number of hydrogen-bond donors (Lipinski definition) is 0. The first-order chi connectivity index (χ1) is 0. The second-order valence-corrected chi connectivity index (χ2v) is 0. The molecule has 0 aliphatic heterocycles. The predicted molar refractivity (Wildman–Crippen MR) is 15.9 cm³/mol. The van der Waals surface area contributed by atoms with Crippen molar-refractivity contribution in [1.82, 2.24) is 0 Å². The zero-order chi connectivity index (χ0) is 0. The third kappa shape index (κ3) is 36.5. The average molecular weight is 153 g/mol. The Labute approximate surface area is 57.6 Å². The molecule has 0 rings (SSSR count). The standard InChI is InChI=1S/2ClH.2O.Ti/h2*1H;;;/q;;2*-2;+4. The molecule has 2 nitrogen and oxygen atoms in total. The summed E-state index contributed by atoms with van der Waals surface area (Å²) in [6.07, 6.45) is 0.